The number of hydrogen-bond acceptors (Lipinski definition) is 5. The molecule has 1 aliphatic heterocycles. The monoisotopic (exact) mass is 382 g/mol. The minimum atomic E-state index is -0.805. The normalized spacial score (nSPS) is 27.4. The summed E-state index contributed by atoms with van der Waals surface area (Å²) in [6.07, 6.45) is -0.643. The summed E-state index contributed by atoms with van der Waals surface area (Å²) < 4.78 is 10.3. The molecule has 1 N–H and O–H groups in total. The van der Waals surface area contributed by atoms with Crippen molar-refractivity contribution in [2.45, 2.75) is 73.1 Å². The Kier molecular flexibility index (Phi) is 5.32. The average molecular weight is 383 g/mol. The van der Waals surface area contributed by atoms with Crippen LogP contribution >= 0.6 is 0 Å². The number of methoxy groups -OCH3 is 1. The number of nitrogens with one attached hydrogen (secondary N) is 1. The van der Waals surface area contributed by atoms with Gasteiger partial charge in [-0.1, -0.05) is 34.6 Å². The van der Waals surface area contributed by atoms with Crippen molar-refractivity contribution in [3.63, 3.8) is 0 Å². The van der Waals surface area contributed by atoms with Gasteiger partial charge in [0.25, 0.3) is 0 Å². The number of amides is 2. The summed E-state index contributed by atoms with van der Waals surface area (Å²) in [6, 6.07) is -1.41. The van der Waals surface area contributed by atoms with Crippen molar-refractivity contribution in [3.8, 4) is 0 Å². The maximum absolute atomic E-state index is 13.3. The molecule has 0 aromatic heterocycles. The Bertz CT molecular complexity index is 629. The number of nitrogens with zero attached hydrogens (tertiary/aromatic N) is 1. The molecule has 2 fully saturated rings. The van der Waals surface area contributed by atoms with Crippen LogP contribution in [-0.2, 0) is 19.1 Å². The summed E-state index contributed by atoms with van der Waals surface area (Å²) in [7, 11) is 1.34. The summed E-state index contributed by atoms with van der Waals surface area (Å²) in [5, 5.41) is 2.71. The van der Waals surface area contributed by atoms with E-state index in [4.69, 9.17) is 9.47 Å². The summed E-state index contributed by atoms with van der Waals surface area (Å²) in [6.45, 7) is 15.7. The Hall–Kier alpha value is -1.79. The molecule has 154 valence electrons. The van der Waals surface area contributed by atoms with Crippen LogP contribution in [0.1, 0.15) is 55.4 Å². The van der Waals surface area contributed by atoms with Crippen molar-refractivity contribution in [1.29, 1.82) is 0 Å². The number of piperidine rings is 1. The Morgan fingerprint density at radius 2 is 1.67 bits per heavy atom. The van der Waals surface area contributed by atoms with Gasteiger partial charge in [-0.05, 0) is 37.5 Å². The molecule has 2 aliphatic rings. The van der Waals surface area contributed by atoms with Crippen molar-refractivity contribution < 1.29 is 23.9 Å². The van der Waals surface area contributed by atoms with Gasteiger partial charge in [0.05, 0.1) is 7.11 Å². The molecule has 27 heavy (non-hydrogen) atoms. The quantitative estimate of drug-likeness (QED) is 0.759. The third kappa shape index (κ3) is 4.22. The number of rotatable bonds is 3. The second-order valence-corrected chi connectivity index (χ2v) is 10.4. The smallest absolute Gasteiger partial charge is 0.408 e. The van der Waals surface area contributed by atoms with E-state index >= 15 is 0 Å². The van der Waals surface area contributed by atoms with E-state index in [1.54, 1.807) is 25.7 Å². The van der Waals surface area contributed by atoms with Crippen LogP contribution < -0.4 is 5.32 Å². The van der Waals surface area contributed by atoms with E-state index in [1.165, 1.54) is 7.11 Å². The maximum Gasteiger partial charge on any atom is 0.408 e. The highest BCUT2D eigenvalue weighted by atomic mass is 16.6. The minimum Gasteiger partial charge on any atom is -0.467 e. The summed E-state index contributed by atoms with van der Waals surface area (Å²) >= 11 is 0. The number of fused-ring (bicyclic) bond motifs is 1. The van der Waals surface area contributed by atoms with Crippen LogP contribution in [0.15, 0.2) is 0 Å². The van der Waals surface area contributed by atoms with Crippen LogP contribution in [0.5, 0.6) is 0 Å². The van der Waals surface area contributed by atoms with Crippen molar-refractivity contribution in [1.82, 2.24) is 10.2 Å². The molecule has 2 rings (SSSR count). The molecular formula is C20H34N2O5. The summed E-state index contributed by atoms with van der Waals surface area (Å²) in [4.78, 5) is 39.6. The lowest BCUT2D eigenvalue weighted by Crippen LogP contribution is -2.58. The van der Waals surface area contributed by atoms with Gasteiger partial charge in [0.2, 0.25) is 5.91 Å². The van der Waals surface area contributed by atoms with Gasteiger partial charge >= 0.3 is 12.1 Å². The van der Waals surface area contributed by atoms with Crippen LogP contribution in [0, 0.1) is 22.7 Å². The summed E-state index contributed by atoms with van der Waals surface area (Å²) in [5.41, 5.74) is -1.19. The van der Waals surface area contributed by atoms with Crippen LogP contribution in [0.25, 0.3) is 0 Å². The van der Waals surface area contributed by atoms with Crippen molar-refractivity contribution in [3.05, 3.63) is 0 Å². The van der Waals surface area contributed by atoms with Gasteiger partial charge in [-0.3, -0.25) is 4.79 Å². The van der Waals surface area contributed by atoms with Gasteiger partial charge in [0.15, 0.2) is 0 Å². The molecule has 7 heteroatoms. The van der Waals surface area contributed by atoms with E-state index in [-0.39, 0.29) is 23.2 Å². The fourth-order valence-corrected chi connectivity index (χ4v) is 4.14. The van der Waals surface area contributed by atoms with Gasteiger partial charge in [0, 0.05) is 12.5 Å². The predicted octanol–water partition coefficient (Wildman–Crippen LogP) is 2.58. The lowest BCUT2D eigenvalue weighted by atomic mass is 9.85. The zero-order valence-corrected chi connectivity index (χ0v) is 18.0. The lowest BCUT2D eigenvalue weighted by molar-refractivity contribution is -0.154. The number of carbonyl (C=O) groups is 3. The molecule has 0 bridgehead atoms. The number of ether oxygens (including phenoxy) is 2. The highest BCUT2D eigenvalue weighted by molar-refractivity contribution is 5.91. The van der Waals surface area contributed by atoms with E-state index in [1.807, 2.05) is 20.8 Å². The Labute approximate surface area is 162 Å². The molecule has 0 spiro atoms. The van der Waals surface area contributed by atoms with Crippen LogP contribution in [0.3, 0.4) is 0 Å². The molecule has 0 aromatic carbocycles. The first-order chi connectivity index (χ1) is 12.1. The van der Waals surface area contributed by atoms with Crippen LogP contribution in [-0.4, -0.2) is 54.2 Å². The van der Waals surface area contributed by atoms with Gasteiger partial charge < -0.3 is 19.7 Å². The number of carbonyl (C=O) groups excluding carboxylic acids is 3. The first-order valence-electron chi connectivity index (χ1n) is 9.49. The largest absolute Gasteiger partial charge is 0.467 e. The number of likely N-dealkylation sites (tertiary alicyclic amines) is 1. The Morgan fingerprint density at radius 1 is 1.11 bits per heavy atom. The zero-order valence-electron chi connectivity index (χ0n) is 18.0. The van der Waals surface area contributed by atoms with E-state index in [9.17, 15) is 14.4 Å². The second-order valence-electron chi connectivity index (χ2n) is 10.4. The van der Waals surface area contributed by atoms with E-state index in [0.717, 1.165) is 0 Å². The minimum absolute atomic E-state index is 0.0193. The number of esters is 1. The van der Waals surface area contributed by atoms with E-state index in [2.05, 4.69) is 19.2 Å². The van der Waals surface area contributed by atoms with E-state index < -0.39 is 35.2 Å². The van der Waals surface area contributed by atoms with Crippen LogP contribution in [0.4, 0.5) is 4.79 Å². The molecular weight excluding hydrogens is 348 g/mol. The number of hydrogen-bond donors (Lipinski definition) is 1. The molecule has 1 heterocycles. The first-order valence-corrected chi connectivity index (χ1v) is 9.49. The molecule has 0 aromatic rings. The third-order valence-electron chi connectivity index (χ3n) is 5.71. The highest BCUT2D eigenvalue weighted by Crippen LogP contribution is 2.65. The molecule has 1 saturated heterocycles. The first kappa shape index (κ1) is 21.5. The molecule has 2 amide bonds. The van der Waals surface area contributed by atoms with Gasteiger partial charge in [0.1, 0.15) is 17.7 Å². The average Bonchev–Trinajstić information content (AvgIpc) is 2.85. The fourth-order valence-electron chi connectivity index (χ4n) is 4.14. The predicted molar refractivity (Wildman–Crippen MR) is 101 cm³/mol. The fraction of sp³-hybridized carbons (Fsp3) is 0.850. The molecule has 1 aliphatic carbocycles. The SMILES string of the molecule is COC(=O)[C@@H]1[C@@H]2C(CN1C(=O)[C@@H](NC(=O)OC(C)(C)C)C(C)(C)C)C2(C)C. The number of alkyl carbamates (subject to hydrolysis) is 1. The van der Waals surface area contributed by atoms with Gasteiger partial charge in [-0.15, -0.1) is 0 Å². The molecule has 4 atom stereocenters. The third-order valence-corrected chi connectivity index (χ3v) is 5.71. The Balaban J connectivity index is 2.23. The van der Waals surface area contributed by atoms with Crippen LogP contribution in [0.2, 0.25) is 0 Å². The van der Waals surface area contributed by atoms with Crippen molar-refractivity contribution in [2.24, 2.45) is 22.7 Å². The lowest BCUT2D eigenvalue weighted by Gasteiger charge is -2.37. The summed E-state index contributed by atoms with van der Waals surface area (Å²) in [5.74, 6) is -0.304. The van der Waals surface area contributed by atoms with E-state index in [0.29, 0.717) is 6.54 Å². The molecule has 0 radical (unpaired) electrons. The Morgan fingerprint density at radius 3 is 2.11 bits per heavy atom. The topological polar surface area (TPSA) is 84.9 Å². The van der Waals surface area contributed by atoms with Gasteiger partial charge in [-0.2, -0.15) is 0 Å². The van der Waals surface area contributed by atoms with Crippen molar-refractivity contribution in [2.75, 3.05) is 13.7 Å². The highest BCUT2D eigenvalue weighted by Gasteiger charge is 2.70. The molecule has 7 nitrogen and oxygen atoms in total. The second kappa shape index (κ2) is 6.67. The standard InChI is InChI=1S/C20H34N2O5/c1-18(2,3)14(21-17(25)27-19(4,5)6)15(23)22-10-11-12(20(11,7)8)13(22)16(24)26-9/h11-14H,10H2,1-9H3,(H,21,25)/t11?,12-,13-,14+/m0/s1. The molecule has 1 unspecified atom stereocenters. The van der Waals surface area contributed by atoms with Gasteiger partial charge in [-0.25, -0.2) is 9.59 Å². The maximum atomic E-state index is 13.3. The molecule has 1 saturated carbocycles. The van der Waals surface area contributed by atoms with Crippen molar-refractivity contribution >= 4 is 18.0 Å². The zero-order chi connectivity index (χ0) is 20.9.